The molecule has 0 aliphatic rings. The monoisotopic (exact) mass is 881 g/mol. The molecule has 42 heavy (non-hydrogen) atoms. The van der Waals surface area contributed by atoms with Gasteiger partial charge in [-0.15, -0.1) is 0 Å². The molecule has 0 saturated carbocycles. The number of hydrogen-bond acceptors (Lipinski definition) is 6. The minimum Gasteiger partial charge on any atom is -1.00 e. The zero-order chi connectivity index (χ0) is 29.1. The molecule has 217 valence electrons. The first-order chi connectivity index (χ1) is 19.2. The van der Waals surface area contributed by atoms with Gasteiger partial charge in [0.1, 0.15) is 0 Å². The zero-order valence-electron chi connectivity index (χ0n) is 21.0. The first-order valence-corrected chi connectivity index (χ1v) is 14.4. The molecule has 2 amide bonds. The van der Waals surface area contributed by atoms with Gasteiger partial charge in [-0.25, -0.2) is 10.9 Å². The molecule has 0 atom stereocenters. The second-order valence-electron chi connectivity index (χ2n) is 7.74. The Kier molecular flexibility index (Phi) is 16.9. The summed E-state index contributed by atoms with van der Waals surface area (Å²) in [5, 5.41) is 31.2. The molecule has 8 nitrogen and oxygen atoms in total. The number of rotatable bonds is 6. The maximum atomic E-state index is 11.8. The summed E-state index contributed by atoms with van der Waals surface area (Å²) in [6, 6.07) is 24.0. The summed E-state index contributed by atoms with van der Waals surface area (Å²) in [5.74, 6) is -1.04. The van der Waals surface area contributed by atoms with Crippen LogP contribution in [0, 0.1) is 0 Å². The van der Waals surface area contributed by atoms with E-state index < -0.39 is 0 Å². The van der Waals surface area contributed by atoms with Crippen LogP contribution in [0.1, 0.15) is 31.8 Å². The molecule has 0 aliphatic heterocycles. The first kappa shape index (κ1) is 37.5. The molecule has 0 fully saturated rings. The molecular weight excluding hydrogens is 867 g/mol. The number of amides is 2. The van der Waals surface area contributed by atoms with E-state index >= 15 is 0 Å². The number of halogens is 5. The van der Waals surface area contributed by atoms with Gasteiger partial charge in [0.2, 0.25) is 0 Å². The Balaban J connectivity index is 0.000000401. The van der Waals surface area contributed by atoms with E-state index in [0.717, 1.165) is 8.95 Å². The Labute approximate surface area is 292 Å². The van der Waals surface area contributed by atoms with Crippen molar-refractivity contribution in [3.05, 3.63) is 125 Å². The largest absolute Gasteiger partial charge is 3.00 e. The molecular formula is C28H18Br4ClFeN4O4. The quantitative estimate of drug-likeness (QED) is 0.175. The SMILES string of the molecule is O=C(N/N=C/c1cc(Br)cc(Br)c1[O-])c1ccccc1.O=C(N/N=C/c1cc(Br)cc(Br)c1[O-])c1ccccc1.[Cl-].[Fe+3]. The van der Waals surface area contributed by atoms with E-state index in [-0.39, 0.29) is 52.8 Å². The predicted octanol–water partition coefficient (Wildman–Crippen LogP) is 3.10. The number of carbonyl (C=O) groups is 2. The summed E-state index contributed by atoms with van der Waals surface area (Å²) in [4.78, 5) is 23.5. The summed E-state index contributed by atoms with van der Waals surface area (Å²) >= 11 is 12.9. The van der Waals surface area contributed by atoms with Crippen molar-refractivity contribution >= 4 is 88.0 Å². The van der Waals surface area contributed by atoms with Gasteiger partial charge < -0.3 is 22.6 Å². The van der Waals surface area contributed by atoms with Crippen LogP contribution in [0.5, 0.6) is 11.5 Å². The van der Waals surface area contributed by atoms with Gasteiger partial charge in [0.05, 0.1) is 12.4 Å². The van der Waals surface area contributed by atoms with Crippen LogP contribution in [-0.4, -0.2) is 24.2 Å². The van der Waals surface area contributed by atoms with E-state index in [1.165, 1.54) is 12.4 Å². The predicted molar refractivity (Wildman–Crippen MR) is 166 cm³/mol. The number of nitrogens with one attached hydrogen (secondary N) is 2. The van der Waals surface area contributed by atoms with Crippen molar-refractivity contribution in [2.24, 2.45) is 10.2 Å². The summed E-state index contributed by atoms with van der Waals surface area (Å²) in [5.41, 5.74) is 6.50. The average molecular weight is 885 g/mol. The third-order valence-corrected chi connectivity index (χ3v) is 6.98. The van der Waals surface area contributed by atoms with Crippen LogP contribution in [0.15, 0.2) is 113 Å². The molecule has 4 aromatic carbocycles. The summed E-state index contributed by atoms with van der Waals surface area (Å²) in [6.07, 6.45) is 2.64. The Morgan fingerprint density at radius 3 is 1.29 bits per heavy atom. The van der Waals surface area contributed by atoms with Gasteiger partial charge in [-0.1, -0.05) is 112 Å². The maximum Gasteiger partial charge on any atom is 3.00 e. The Morgan fingerprint density at radius 1 is 0.619 bits per heavy atom. The van der Waals surface area contributed by atoms with Crippen molar-refractivity contribution in [1.82, 2.24) is 10.9 Å². The summed E-state index contributed by atoms with van der Waals surface area (Å²) in [6.45, 7) is 0. The fourth-order valence-electron chi connectivity index (χ4n) is 2.98. The van der Waals surface area contributed by atoms with Crippen LogP contribution in [0.4, 0.5) is 0 Å². The van der Waals surface area contributed by atoms with Gasteiger partial charge in [0, 0.05) is 29.0 Å². The molecule has 0 bridgehead atoms. The molecule has 0 aromatic heterocycles. The first-order valence-electron chi connectivity index (χ1n) is 11.2. The minimum absolute atomic E-state index is 0. The van der Waals surface area contributed by atoms with Crippen molar-refractivity contribution in [3.63, 3.8) is 0 Å². The molecule has 14 heteroatoms. The zero-order valence-corrected chi connectivity index (χ0v) is 29.2. The summed E-state index contributed by atoms with van der Waals surface area (Å²) < 4.78 is 2.37. The molecule has 0 heterocycles. The molecule has 2 N–H and O–H groups in total. The van der Waals surface area contributed by atoms with Gasteiger partial charge in [0.25, 0.3) is 11.8 Å². The molecule has 0 spiro atoms. The van der Waals surface area contributed by atoms with Crippen LogP contribution in [0.3, 0.4) is 0 Å². The van der Waals surface area contributed by atoms with E-state index in [0.29, 0.717) is 31.2 Å². The Morgan fingerprint density at radius 2 is 0.952 bits per heavy atom. The van der Waals surface area contributed by atoms with Crippen LogP contribution < -0.4 is 33.5 Å². The number of hydrogen-bond donors (Lipinski definition) is 2. The normalized spacial score (nSPS) is 10.2. The number of benzene rings is 4. The second-order valence-corrected chi connectivity index (χ2v) is 11.3. The average Bonchev–Trinajstić information content (AvgIpc) is 2.95. The van der Waals surface area contributed by atoms with Crippen LogP contribution in [0.25, 0.3) is 0 Å². The van der Waals surface area contributed by atoms with Crippen molar-refractivity contribution in [2.75, 3.05) is 0 Å². The molecule has 0 saturated heterocycles. The van der Waals surface area contributed by atoms with Crippen molar-refractivity contribution in [3.8, 4) is 11.5 Å². The van der Waals surface area contributed by atoms with Crippen LogP contribution in [0.2, 0.25) is 0 Å². The van der Waals surface area contributed by atoms with Gasteiger partial charge >= 0.3 is 17.1 Å². The molecule has 4 aromatic rings. The van der Waals surface area contributed by atoms with Gasteiger partial charge in [0.15, 0.2) is 0 Å². The molecule has 0 unspecified atom stereocenters. The van der Waals surface area contributed by atoms with Crippen molar-refractivity contribution < 1.29 is 49.3 Å². The van der Waals surface area contributed by atoms with Crippen LogP contribution >= 0.6 is 63.7 Å². The maximum absolute atomic E-state index is 11.8. The third kappa shape index (κ3) is 11.6. The fourth-order valence-corrected chi connectivity index (χ4v) is 5.50. The smallest absolute Gasteiger partial charge is 1.00 e. The van der Waals surface area contributed by atoms with Crippen molar-refractivity contribution in [1.29, 1.82) is 0 Å². The minimum atomic E-state index is -0.330. The number of nitrogens with zero attached hydrogens (tertiary/aromatic N) is 2. The number of carbonyl (C=O) groups excluding carboxylic acids is 2. The van der Waals surface area contributed by atoms with E-state index in [4.69, 9.17) is 0 Å². The second kappa shape index (κ2) is 18.9. The van der Waals surface area contributed by atoms with Crippen LogP contribution in [-0.2, 0) is 17.1 Å². The van der Waals surface area contributed by atoms with Gasteiger partial charge in [-0.3, -0.25) is 9.59 Å². The Hall–Kier alpha value is -2.51. The molecule has 1 radical (unpaired) electrons. The van der Waals surface area contributed by atoms with E-state index in [1.807, 2.05) is 12.1 Å². The molecule has 0 aliphatic carbocycles. The van der Waals surface area contributed by atoms with Crippen molar-refractivity contribution in [2.45, 2.75) is 0 Å². The summed E-state index contributed by atoms with van der Waals surface area (Å²) in [7, 11) is 0. The van der Waals surface area contributed by atoms with Gasteiger partial charge in [-0.2, -0.15) is 10.2 Å². The molecule has 4 rings (SSSR count). The number of hydrazone groups is 2. The van der Waals surface area contributed by atoms with Gasteiger partial charge in [-0.05, 0) is 59.7 Å². The van der Waals surface area contributed by atoms with E-state index in [1.54, 1.807) is 72.8 Å². The Bertz CT molecular complexity index is 1450. The fraction of sp³-hybridized carbons (Fsp3) is 0. The standard InChI is InChI=1S/2C14H10Br2N2O2.ClH.Fe/c2*15-11-6-10(13(19)12(16)7-11)8-17-18-14(20)9-4-2-1-3-5-9;;/h2*1-8,19H,(H,18,20);1H;/q;;;+3/p-3/b2*17-8+;;. The topological polar surface area (TPSA) is 129 Å². The van der Waals surface area contributed by atoms with E-state index in [2.05, 4.69) is 84.8 Å². The van der Waals surface area contributed by atoms with E-state index in [9.17, 15) is 19.8 Å². The third-order valence-electron chi connectivity index (χ3n) is 4.89.